The number of aryl methyl sites for hydroxylation is 1. The summed E-state index contributed by atoms with van der Waals surface area (Å²) < 4.78 is 40.2. The fourth-order valence-electron chi connectivity index (χ4n) is 4.87. The number of aromatic nitrogens is 1. The minimum Gasteiger partial charge on any atom is -0.492 e. The van der Waals surface area contributed by atoms with Crippen LogP contribution in [0.5, 0.6) is 11.5 Å². The Labute approximate surface area is 234 Å². The number of para-hydroxylation sites is 1. The first-order valence-electron chi connectivity index (χ1n) is 12.9. The number of sulfonamides is 1. The van der Waals surface area contributed by atoms with Crippen molar-refractivity contribution < 1.29 is 32.6 Å². The van der Waals surface area contributed by atoms with Gasteiger partial charge in [-0.2, -0.15) is 0 Å². The Morgan fingerprint density at radius 2 is 1.73 bits per heavy atom. The van der Waals surface area contributed by atoms with Gasteiger partial charge in [0.05, 0.1) is 30.3 Å². The van der Waals surface area contributed by atoms with Gasteiger partial charge < -0.3 is 29.4 Å². The molecule has 0 atom stereocenters. The molecule has 0 saturated carbocycles. The number of benzene rings is 2. The van der Waals surface area contributed by atoms with E-state index in [9.17, 15) is 23.1 Å². The molecule has 11 nitrogen and oxygen atoms in total. The van der Waals surface area contributed by atoms with Crippen molar-refractivity contribution in [3.8, 4) is 11.5 Å². The molecule has 4 rings (SSSR count). The quantitative estimate of drug-likeness (QED) is 0.375. The molecule has 1 aliphatic heterocycles. The molecule has 0 unspecified atom stereocenters. The van der Waals surface area contributed by atoms with E-state index in [1.54, 1.807) is 29.8 Å². The number of hydrogen-bond donors (Lipinski definition) is 3. The van der Waals surface area contributed by atoms with Gasteiger partial charge in [0.25, 0.3) is 5.91 Å². The van der Waals surface area contributed by atoms with Gasteiger partial charge in [0, 0.05) is 38.4 Å². The van der Waals surface area contributed by atoms with E-state index in [1.165, 1.54) is 12.0 Å². The average molecular weight is 573 g/mol. The number of piperidine rings is 1. The van der Waals surface area contributed by atoms with Gasteiger partial charge in [-0.3, -0.25) is 9.52 Å². The highest BCUT2D eigenvalue weighted by molar-refractivity contribution is 7.92. The maximum absolute atomic E-state index is 13.6. The Morgan fingerprint density at radius 1 is 1.07 bits per heavy atom. The van der Waals surface area contributed by atoms with Crippen LogP contribution >= 0.6 is 0 Å². The van der Waals surface area contributed by atoms with E-state index < -0.39 is 22.0 Å². The van der Waals surface area contributed by atoms with Crippen LogP contribution in [0, 0.1) is 0 Å². The zero-order valence-electron chi connectivity index (χ0n) is 23.6. The summed E-state index contributed by atoms with van der Waals surface area (Å²) in [6.07, 6.45) is 1.14. The maximum Gasteiger partial charge on any atom is 0.407 e. The van der Waals surface area contributed by atoms with E-state index in [1.807, 2.05) is 39.0 Å². The van der Waals surface area contributed by atoms with Gasteiger partial charge in [-0.25, -0.2) is 13.2 Å². The number of carboxylic acid groups (broad SMARTS) is 1. The molecule has 3 N–H and O–H groups in total. The molecular weight excluding hydrogens is 536 g/mol. The number of amides is 2. The first kappa shape index (κ1) is 29.1. The van der Waals surface area contributed by atoms with Crippen LogP contribution in [0.3, 0.4) is 0 Å². The van der Waals surface area contributed by atoms with E-state index in [0.717, 1.165) is 22.7 Å². The predicted octanol–water partition coefficient (Wildman–Crippen LogP) is 4.63. The van der Waals surface area contributed by atoms with Crippen molar-refractivity contribution >= 4 is 44.3 Å². The Hall–Kier alpha value is -3.93. The van der Waals surface area contributed by atoms with Crippen LogP contribution in [0.4, 0.5) is 16.2 Å². The largest absolute Gasteiger partial charge is 0.492 e. The minimum atomic E-state index is -3.61. The molecule has 12 heteroatoms. The minimum absolute atomic E-state index is 0.140. The lowest BCUT2D eigenvalue weighted by Gasteiger charge is -2.30. The second kappa shape index (κ2) is 10.9. The van der Waals surface area contributed by atoms with E-state index in [-0.39, 0.29) is 23.0 Å². The summed E-state index contributed by atoms with van der Waals surface area (Å²) in [5.74, 6) is 0.399. The predicted molar refractivity (Wildman–Crippen MR) is 154 cm³/mol. The third-order valence-electron chi connectivity index (χ3n) is 6.96. The van der Waals surface area contributed by atoms with Crippen LogP contribution in [-0.2, 0) is 22.5 Å². The summed E-state index contributed by atoms with van der Waals surface area (Å²) in [5.41, 5.74) is 2.13. The third kappa shape index (κ3) is 6.27. The van der Waals surface area contributed by atoms with E-state index in [4.69, 9.17) is 9.47 Å². The first-order chi connectivity index (χ1) is 18.7. The van der Waals surface area contributed by atoms with Crippen LogP contribution in [0.25, 0.3) is 10.9 Å². The molecule has 1 aliphatic rings. The number of likely N-dealkylation sites (tertiary alicyclic amines) is 1. The smallest absolute Gasteiger partial charge is 0.407 e. The van der Waals surface area contributed by atoms with Gasteiger partial charge in [0.1, 0.15) is 17.5 Å². The maximum atomic E-state index is 13.6. The summed E-state index contributed by atoms with van der Waals surface area (Å²) in [4.78, 5) is 26.2. The van der Waals surface area contributed by atoms with Crippen molar-refractivity contribution in [1.82, 2.24) is 9.47 Å². The second-order valence-corrected chi connectivity index (χ2v) is 12.8. The lowest BCUT2D eigenvalue weighted by atomic mass is 9.86. The number of rotatable bonds is 7. The van der Waals surface area contributed by atoms with Crippen LogP contribution in [0.1, 0.15) is 49.7 Å². The summed E-state index contributed by atoms with van der Waals surface area (Å²) >= 11 is 0. The molecule has 2 amide bonds. The molecule has 0 radical (unpaired) electrons. The summed E-state index contributed by atoms with van der Waals surface area (Å²) in [6, 6.07) is 10.8. The molecule has 216 valence electrons. The standard InChI is InChI=1S/C28H36N4O7S/c1-28(2,3)18-15-20(25(38-5)21(16-18)30-40(6,36)37)29-26(33)22-14-17-8-7-9-23(24(17)31(22)4)39-19-10-12-32(13-11-19)27(34)35/h7-9,14-16,19,30H,10-13H2,1-6H3,(H,29,33)(H,34,35). The molecular formula is C28H36N4O7S. The van der Waals surface area contributed by atoms with Crippen LogP contribution < -0.4 is 19.5 Å². The first-order valence-corrected chi connectivity index (χ1v) is 14.8. The van der Waals surface area contributed by atoms with Crippen molar-refractivity contribution in [3.05, 3.63) is 47.7 Å². The summed E-state index contributed by atoms with van der Waals surface area (Å²) in [6.45, 7) is 6.77. The third-order valence-corrected chi connectivity index (χ3v) is 7.55. The van der Waals surface area contributed by atoms with E-state index in [0.29, 0.717) is 43.1 Å². The Kier molecular flexibility index (Phi) is 7.93. The normalized spacial score (nSPS) is 14.7. The fraction of sp³-hybridized carbons (Fsp3) is 0.429. The van der Waals surface area contributed by atoms with Crippen LogP contribution in [0.2, 0.25) is 0 Å². The molecule has 1 aromatic heterocycles. The van der Waals surface area contributed by atoms with Crippen LogP contribution in [0.15, 0.2) is 36.4 Å². The highest BCUT2D eigenvalue weighted by Crippen LogP contribution is 2.39. The molecule has 0 spiro atoms. The number of fused-ring (bicyclic) bond motifs is 1. The number of nitrogens with one attached hydrogen (secondary N) is 2. The number of nitrogens with zero attached hydrogens (tertiary/aromatic N) is 2. The van der Waals surface area contributed by atoms with Gasteiger partial charge in [-0.15, -0.1) is 0 Å². The number of carbonyl (C=O) groups is 2. The zero-order valence-corrected chi connectivity index (χ0v) is 24.4. The molecule has 40 heavy (non-hydrogen) atoms. The molecule has 2 aromatic carbocycles. The molecule has 2 heterocycles. The zero-order chi connectivity index (χ0) is 29.4. The summed E-state index contributed by atoms with van der Waals surface area (Å²) in [7, 11) is -0.423. The molecule has 1 saturated heterocycles. The van der Waals surface area contributed by atoms with Gasteiger partial charge in [0.15, 0.2) is 5.75 Å². The number of hydrogen-bond acceptors (Lipinski definition) is 6. The fourth-order valence-corrected chi connectivity index (χ4v) is 5.42. The highest BCUT2D eigenvalue weighted by atomic mass is 32.2. The topological polar surface area (TPSA) is 139 Å². The van der Waals surface area contributed by atoms with Gasteiger partial charge in [0.2, 0.25) is 10.0 Å². The molecule has 3 aromatic rings. The lowest BCUT2D eigenvalue weighted by molar-refractivity contribution is 0.0900. The van der Waals surface area contributed by atoms with Gasteiger partial charge in [-0.1, -0.05) is 32.9 Å². The average Bonchev–Trinajstić information content (AvgIpc) is 3.20. The molecule has 1 fully saturated rings. The van der Waals surface area contributed by atoms with Gasteiger partial charge >= 0.3 is 6.09 Å². The van der Waals surface area contributed by atoms with Crippen LogP contribution in [-0.4, -0.2) is 67.6 Å². The SMILES string of the molecule is COc1c(NC(=O)c2cc3cccc(OC4CCN(C(=O)O)CC4)c3n2C)cc(C(C)(C)C)cc1NS(C)(=O)=O. The van der Waals surface area contributed by atoms with E-state index in [2.05, 4.69) is 10.0 Å². The lowest BCUT2D eigenvalue weighted by Crippen LogP contribution is -2.41. The number of methoxy groups -OCH3 is 1. The number of ether oxygens (including phenoxy) is 2. The Bertz CT molecular complexity index is 1550. The number of carbonyl (C=O) groups excluding carboxylic acids is 1. The second-order valence-electron chi connectivity index (χ2n) is 11.1. The van der Waals surface area contributed by atoms with Crippen molar-refractivity contribution in [2.24, 2.45) is 7.05 Å². The van der Waals surface area contributed by atoms with Crippen molar-refractivity contribution in [1.29, 1.82) is 0 Å². The Balaban J connectivity index is 1.66. The van der Waals surface area contributed by atoms with E-state index >= 15 is 0 Å². The molecule has 0 aliphatic carbocycles. The summed E-state index contributed by atoms with van der Waals surface area (Å²) in [5, 5.41) is 12.9. The molecule has 0 bridgehead atoms. The number of anilines is 2. The van der Waals surface area contributed by atoms with Crippen molar-refractivity contribution in [2.75, 3.05) is 36.5 Å². The van der Waals surface area contributed by atoms with Crippen molar-refractivity contribution in [3.63, 3.8) is 0 Å². The Morgan fingerprint density at radius 3 is 2.30 bits per heavy atom. The van der Waals surface area contributed by atoms with Crippen molar-refractivity contribution in [2.45, 2.75) is 45.1 Å². The van der Waals surface area contributed by atoms with Gasteiger partial charge in [-0.05, 0) is 35.2 Å². The highest BCUT2D eigenvalue weighted by Gasteiger charge is 2.26. The monoisotopic (exact) mass is 572 g/mol.